The Morgan fingerprint density at radius 2 is 1.97 bits per heavy atom. The molecule has 0 aliphatic carbocycles. The van der Waals surface area contributed by atoms with Crippen LogP contribution in [0.25, 0.3) is 0 Å². The number of carbonyl (C=O) groups excluding carboxylic acids is 1. The molecule has 0 saturated carbocycles. The van der Waals surface area contributed by atoms with Gasteiger partial charge in [-0.1, -0.05) is 35.6 Å². The number of methoxy groups -OCH3 is 1. The number of nitrogens with one attached hydrogen (secondary N) is 2. The van der Waals surface area contributed by atoms with Crippen LogP contribution >= 0.6 is 11.3 Å². The van der Waals surface area contributed by atoms with Gasteiger partial charge in [-0.25, -0.2) is 4.98 Å². The molecule has 0 bridgehead atoms. The minimum Gasteiger partial charge on any atom is -0.495 e. The number of carbonyl (C=O) groups is 1. The third-order valence-electron chi connectivity index (χ3n) is 4.41. The molecule has 0 radical (unpaired) electrons. The molecule has 1 atom stereocenters. The van der Waals surface area contributed by atoms with Crippen molar-refractivity contribution in [2.45, 2.75) is 13.0 Å². The zero-order valence-corrected chi connectivity index (χ0v) is 16.9. The maximum absolute atomic E-state index is 12.7. The summed E-state index contributed by atoms with van der Waals surface area (Å²) in [6.07, 6.45) is -0.242. The molecule has 1 unspecified atom stereocenters. The van der Waals surface area contributed by atoms with Gasteiger partial charge < -0.3 is 24.8 Å². The number of benzene rings is 2. The lowest BCUT2D eigenvalue weighted by atomic mass is 10.2. The number of anilines is 2. The van der Waals surface area contributed by atoms with Crippen LogP contribution in [0.1, 0.15) is 15.4 Å². The molecule has 1 aliphatic rings. The first kappa shape index (κ1) is 19.1. The Labute approximate surface area is 172 Å². The predicted octanol–water partition coefficient (Wildman–Crippen LogP) is 3.77. The standard InChI is InChI=1S/C21H21N3O4S/c1-13-19(29-21(23-13)24-15-7-3-4-8-16(15)26-2)20(25)22-11-14-12-27-17-9-5-6-10-18(17)28-14/h3-10,14H,11-12H2,1-2H3,(H,22,25)(H,23,24). The summed E-state index contributed by atoms with van der Waals surface area (Å²) in [5.74, 6) is 1.94. The van der Waals surface area contributed by atoms with Crippen molar-refractivity contribution in [3.8, 4) is 17.2 Å². The van der Waals surface area contributed by atoms with Crippen molar-refractivity contribution < 1.29 is 19.0 Å². The summed E-state index contributed by atoms with van der Waals surface area (Å²) in [4.78, 5) is 17.7. The van der Waals surface area contributed by atoms with E-state index in [9.17, 15) is 4.79 Å². The van der Waals surface area contributed by atoms with Gasteiger partial charge in [0.1, 0.15) is 23.3 Å². The van der Waals surface area contributed by atoms with Gasteiger partial charge in [0, 0.05) is 0 Å². The molecule has 1 aromatic heterocycles. The lowest BCUT2D eigenvalue weighted by Gasteiger charge is -2.26. The summed E-state index contributed by atoms with van der Waals surface area (Å²) in [6, 6.07) is 15.1. The zero-order chi connectivity index (χ0) is 20.2. The van der Waals surface area contributed by atoms with Gasteiger partial charge in [-0.05, 0) is 31.2 Å². The molecule has 2 aromatic carbocycles. The second-order valence-electron chi connectivity index (χ2n) is 6.47. The van der Waals surface area contributed by atoms with E-state index in [1.54, 1.807) is 7.11 Å². The lowest BCUT2D eigenvalue weighted by Crippen LogP contribution is -2.40. The van der Waals surface area contributed by atoms with E-state index in [1.165, 1.54) is 11.3 Å². The topological polar surface area (TPSA) is 81.7 Å². The SMILES string of the molecule is COc1ccccc1Nc1nc(C)c(C(=O)NCC2COc3ccccc3O2)s1. The van der Waals surface area contributed by atoms with Gasteiger partial charge >= 0.3 is 0 Å². The molecule has 7 nitrogen and oxygen atoms in total. The number of aryl methyl sites for hydroxylation is 1. The number of amides is 1. The van der Waals surface area contributed by atoms with Crippen LogP contribution in [0.15, 0.2) is 48.5 Å². The summed E-state index contributed by atoms with van der Waals surface area (Å²) in [5, 5.41) is 6.76. The average Bonchev–Trinajstić information content (AvgIpc) is 3.12. The molecule has 0 saturated heterocycles. The molecule has 2 N–H and O–H groups in total. The first-order valence-corrected chi connectivity index (χ1v) is 10.00. The summed E-state index contributed by atoms with van der Waals surface area (Å²) in [5.41, 5.74) is 1.46. The van der Waals surface area contributed by atoms with E-state index in [-0.39, 0.29) is 12.0 Å². The molecule has 1 aliphatic heterocycles. The molecule has 2 heterocycles. The van der Waals surface area contributed by atoms with Crippen LogP contribution < -0.4 is 24.8 Å². The highest BCUT2D eigenvalue weighted by atomic mass is 32.1. The van der Waals surface area contributed by atoms with E-state index in [1.807, 2.05) is 55.5 Å². The molecular formula is C21H21N3O4S. The predicted molar refractivity (Wildman–Crippen MR) is 112 cm³/mol. The van der Waals surface area contributed by atoms with E-state index in [4.69, 9.17) is 14.2 Å². The fraction of sp³-hybridized carbons (Fsp3) is 0.238. The van der Waals surface area contributed by atoms with E-state index in [2.05, 4.69) is 15.6 Å². The van der Waals surface area contributed by atoms with Gasteiger partial charge in [0.25, 0.3) is 5.91 Å². The number of ether oxygens (including phenoxy) is 3. The van der Waals surface area contributed by atoms with Crippen LogP contribution in [0.5, 0.6) is 17.2 Å². The Morgan fingerprint density at radius 3 is 2.79 bits per heavy atom. The van der Waals surface area contributed by atoms with Crippen molar-refractivity contribution in [3.63, 3.8) is 0 Å². The van der Waals surface area contributed by atoms with E-state index < -0.39 is 0 Å². The number of hydrogen-bond acceptors (Lipinski definition) is 7. The van der Waals surface area contributed by atoms with Gasteiger partial charge in [-0.3, -0.25) is 4.79 Å². The van der Waals surface area contributed by atoms with Crippen molar-refractivity contribution in [2.24, 2.45) is 0 Å². The Morgan fingerprint density at radius 1 is 1.21 bits per heavy atom. The third kappa shape index (κ3) is 4.27. The molecule has 1 amide bonds. The number of nitrogens with zero attached hydrogens (tertiary/aromatic N) is 1. The molecular weight excluding hydrogens is 390 g/mol. The fourth-order valence-electron chi connectivity index (χ4n) is 2.97. The third-order valence-corrected chi connectivity index (χ3v) is 5.48. The highest BCUT2D eigenvalue weighted by Gasteiger charge is 2.22. The highest BCUT2D eigenvalue weighted by Crippen LogP contribution is 2.32. The van der Waals surface area contributed by atoms with Crippen molar-refractivity contribution in [3.05, 3.63) is 59.1 Å². The first-order valence-electron chi connectivity index (χ1n) is 9.18. The van der Waals surface area contributed by atoms with Crippen LogP contribution in [-0.2, 0) is 0 Å². The van der Waals surface area contributed by atoms with Crippen LogP contribution in [0.3, 0.4) is 0 Å². The number of para-hydroxylation sites is 4. The number of hydrogen-bond donors (Lipinski definition) is 2. The number of aromatic nitrogens is 1. The maximum Gasteiger partial charge on any atom is 0.263 e. The molecule has 0 spiro atoms. The van der Waals surface area contributed by atoms with Gasteiger partial charge in [-0.2, -0.15) is 0 Å². The van der Waals surface area contributed by atoms with Gasteiger partial charge in [-0.15, -0.1) is 0 Å². The van der Waals surface area contributed by atoms with Crippen molar-refractivity contribution in [1.82, 2.24) is 10.3 Å². The normalized spacial score (nSPS) is 14.9. The second kappa shape index (κ2) is 8.40. The van der Waals surface area contributed by atoms with E-state index >= 15 is 0 Å². The molecule has 3 aromatic rings. The lowest BCUT2D eigenvalue weighted by molar-refractivity contribution is 0.0791. The van der Waals surface area contributed by atoms with E-state index in [0.29, 0.717) is 40.4 Å². The number of rotatable bonds is 6. The number of fused-ring (bicyclic) bond motifs is 1. The van der Waals surface area contributed by atoms with Crippen molar-refractivity contribution in [2.75, 3.05) is 25.6 Å². The fourth-order valence-corrected chi connectivity index (χ4v) is 3.87. The second-order valence-corrected chi connectivity index (χ2v) is 7.47. The zero-order valence-electron chi connectivity index (χ0n) is 16.1. The Kier molecular flexibility index (Phi) is 5.53. The first-order chi connectivity index (χ1) is 14.1. The maximum atomic E-state index is 12.7. The van der Waals surface area contributed by atoms with Gasteiger partial charge in [0.05, 0.1) is 25.0 Å². The van der Waals surface area contributed by atoms with Crippen LogP contribution in [0.2, 0.25) is 0 Å². The minimum absolute atomic E-state index is 0.185. The summed E-state index contributed by atoms with van der Waals surface area (Å²) in [6.45, 7) is 2.55. The van der Waals surface area contributed by atoms with Crippen molar-refractivity contribution in [1.29, 1.82) is 0 Å². The van der Waals surface area contributed by atoms with Crippen LogP contribution in [0.4, 0.5) is 10.8 Å². The highest BCUT2D eigenvalue weighted by molar-refractivity contribution is 7.17. The molecule has 4 rings (SSSR count). The summed E-state index contributed by atoms with van der Waals surface area (Å²) in [7, 11) is 1.61. The van der Waals surface area contributed by atoms with Gasteiger partial charge in [0.2, 0.25) is 0 Å². The van der Waals surface area contributed by atoms with Crippen molar-refractivity contribution >= 4 is 28.1 Å². The monoisotopic (exact) mass is 411 g/mol. The Balaban J connectivity index is 1.38. The molecule has 0 fully saturated rings. The minimum atomic E-state index is -0.242. The Bertz CT molecular complexity index is 1020. The van der Waals surface area contributed by atoms with Gasteiger partial charge in [0.15, 0.2) is 16.6 Å². The number of thiazole rings is 1. The molecule has 29 heavy (non-hydrogen) atoms. The van der Waals surface area contributed by atoms with E-state index in [0.717, 1.165) is 11.4 Å². The summed E-state index contributed by atoms with van der Waals surface area (Å²) < 4.78 is 16.9. The van der Waals surface area contributed by atoms with Crippen LogP contribution in [-0.4, -0.2) is 37.3 Å². The Hall–Kier alpha value is -3.26. The summed E-state index contributed by atoms with van der Waals surface area (Å²) >= 11 is 1.29. The quantitative estimate of drug-likeness (QED) is 0.643. The molecule has 150 valence electrons. The molecule has 8 heteroatoms. The average molecular weight is 411 g/mol. The largest absolute Gasteiger partial charge is 0.495 e. The van der Waals surface area contributed by atoms with Crippen LogP contribution in [0, 0.1) is 6.92 Å². The smallest absolute Gasteiger partial charge is 0.263 e.